The van der Waals surface area contributed by atoms with Gasteiger partial charge < -0.3 is 19.3 Å². The lowest BCUT2D eigenvalue weighted by Gasteiger charge is -2.61. The number of Topliss-reactive ketones (excluding diaryl/α,β-unsaturated/α-hetero) is 4. The minimum Gasteiger partial charge on any atom is -0.492 e. The predicted octanol–water partition coefficient (Wildman–Crippen LogP) is 0.218. The Morgan fingerprint density at radius 3 is 1.92 bits per heavy atom. The van der Waals surface area contributed by atoms with Gasteiger partial charge in [0.1, 0.15) is 0 Å². The molecule has 5 atom stereocenters. The van der Waals surface area contributed by atoms with E-state index in [1.807, 2.05) is 14.0 Å². The Labute approximate surface area is 208 Å². The van der Waals surface area contributed by atoms with Crippen molar-refractivity contribution in [2.24, 2.45) is 0 Å². The van der Waals surface area contributed by atoms with E-state index in [1.54, 1.807) is 6.92 Å². The van der Waals surface area contributed by atoms with Gasteiger partial charge in [-0.1, -0.05) is 0 Å². The van der Waals surface area contributed by atoms with Gasteiger partial charge in [-0.2, -0.15) is 0 Å². The summed E-state index contributed by atoms with van der Waals surface area (Å²) >= 11 is 0. The highest BCUT2D eigenvalue weighted by molar-refractivity contribution is 6.26. The first kappa shape index (κ1) is 24.6. The van der Waals surface area contributed by atoms with Crippen LogP contribution in [0.15, 0.2) is 45.1 Å². The fraction of sp³-hybridized carbons (Fsp3) is 0.538. The second kappa shape index (κ2) is 8.50. The molecule has 0 amide bonds. The molecule has 0 spiro atoms. The molecular weight excluding hydrogens is 468 g/mol. The normalized spacial score (nSPS) is 33.1. The standard InChI is InChI=1S/C26H30N2O8/c1-10-20(30)12-8-15-19-18-13(21(31)25(35-5)26(36-6)23(18)33)7-14(27(19)3)11(2)28(15)16(9-29)17(12)22(32)24(10)34-4/h11,14-16,19,29H,7-9H2,1-6H3/t11-,14?,15-,16-,19?/m0/s1. The number of nitrogens with zero attached hydrogens (tertiary/aromatic N) is 2. The van der Waals surface area contributed by atoms with E-state index in [2.05, 4.69) is 9.80 Å². The fourth-order valence-corrected chi connectivity index (χ4v) is 6.97. The zero-order valence-corrected chi connectivity index (χ0v) is 21.2. The fourth-order valence-electron chi connectivity index (χ4n) is 6.97. The molecule has 3 heterocycles. The van der Waals surface area contributed by atoms with Gasteiger partial charge in [-0.15, -0.1) is 0 Å². The molecule has 0 aromatic carbocycles. The smallest absolute Gasteiger partial charge is 0.229 e. The highest BCUT2D eigenvalue weighted by Gasteiger charge is 2.58. The molecular formula is C26H30N2O8. The monoisotopic (exact) mass is 498 g/mol. The van der Waals surface area contributed by atoms with Crippen LogP contribution in [-0.4, -0.2) is 103 Å². The number of carbonyl (C=O) groups excluding carboxylic acids is 4. The maximum atomic E-state index is 13.7. The number of allylic oxidation sites excluding steroid dienone is 4. The van der Waals surface area contributed by atoms with Crippen LogP contribution in [0.5, 0.6) is 0 Å². The number of rotatable bonds is 4. The number of fused-ring (bicyclic) bond motifs is 5. The number of carbonyl (C=O) groups is 4. The molecule has 1 saturated heterocycles. The minimum atomic E-state index is -0.745. The molecule has 1 fully saturated rings. The summed E-state index contributed by atoms with van der Waals surface area (Å²) in [6.45, 7) is 3.16. The average molecular weight is 499 g/mol. The van der Waals surface area contributed by atoms with Crippen LogP contribution < -0.4 is 0 Å². The summed E-state index contributed by atoms with van der Waals surface area (Å²) < 4.78 is 15.8. The molecule has 2 bridgehead atoms. The number of ketones is 4. The Morgan fingerprint density at radius 1 is 0.806 bits per heavy atom. The van der Waals surface area contributed by atoms with Gasteiger partial charge in [-0.25, -0.2) is 0 Å². The van der Waals surface area contributed by atoms with Gasteiger partial charge >= 0.3 is 0 Å². The van der Waals surface area contributed by atoms with E-state index in [9.17, 15) is 24.3 Å². The number of hydrogen-bond donors (Lipinski definition) is 1. The zero-order valence-electron chi connectivity index (χ0n) is 21.2. The first-order chi connectivity index (χ1) is 17.1. The lowest BCUT2D eigenvalue weighted by atomic mass is 9.68. The number of methoxy groups -OCH3 is 3. The summed E-state index contributed by atoms with van der Waals surface area (Å²) in [6.07, 6.45) is 0.499. The summed E-state index contributed by atoms with van der Waals surface area (Å²) in [4.78, 5) is 58.0. The summed E-state index contributed by atoms with van der Waals surface area (Å²) in [7, 11) is 5.92. The van der Waals surface area contributed by atoms with Crippen LogP contribution in [0.25, 0.3) is 0 Å². The maximum Gasteiger partial charge on any atom is 0.229 e. The molecule has 36 heavy (non-hydrogen) atoms. The van der Waals surface area contributed by atoms with E-state index in [-0.39, 0.29) is 65.1 Å². The Hall–Kier alpha value is -3.08. The highest BCUT2D eigenvalue weighted by Crippen LogP contribution is 2.48. The van der Waals surface area contributed by atoms with E-state index in [1.165, 1.54) is 21.3 Å². The van der Waals surface area contributed by atoms with Crippen molar-refractivity contribution in [3.63, 3.8) is 0 Å². The third-order valence-corrected chi connectivity index (χ3v) is 8.53. The third kappa shape index (κ3) is 2.95. The van der Waals surface area contributed by atoms with Gasteiger partial charge in [0.15, 0.2) is 11.5 Å². The SMILES string of the molecule is COC1=C(C)C(=O)C2=C(C1=O)[C@H](CO)N1[C@@H](C)C3CC4=C(C(=O)C(OC)=C(OC)C4=O)C([C@@H]1C2)N3C. The van der Waals surface area contributed by atoms with Crippen molar-refractivity contribution in [2.45, 2.75) is 56.9 Å². The van der Waals surface area contributed by atoms with Gasteiger partial charge in [-0.3, -0.25) is 29.0 Å². The summed E-state index contributed by atoms with van der Waals surface area (Å²) in [6, 6.07) is -2.09. The van der Waals surface area contributed by atoms with Crippen molar-refractivity contribution >= 4 is 23.1 Å². The molecule has 1 N–H and O–H groups in total. The largest absolute Gasteiger partial charge is 0.492 e. The van der Waals surface area contributed by atoms with Crippen molar-refractivity contribution in [3.05, 3.63) is 45.1 Å². The Kier molecular flexibility index (Phi) is 5.81. The van der Waals surface area contributed by atoms with E-state index in [0.717, 1.165) is 0 Å². The zero-order chi connectivity index (χ0) is 26.2. The lowest BCUT2D eigenvalue weighted by Crippen LogP contribution is -2.73. The molecule has 192 valence electrons. The van der Waals surface area contributed by atoms with Gasteiger partial charge in [0.2, 0.25) is 28.9 Å². The molecule has 2 unspecified atom stereocenters. The van der Waals surface area contributed by atoms with Gasteiger partial charge in [0.25, 0.3) is 0 Å². The van der Waals surface area contributed by atoms with Crippen LogP contribution in [0.1, 0.15) is 26.7 Å². The van der Waals surface area contributed by atoms with Gasteiger partial charge in [0.05, 0.1) is 40.0 Å². The number of ether oxygens (including phenoxy) is 3. The molecule has 5 rings (SSSR count). The van der Waals surface area contributed by atoms with Crippen LogP contribution in [0.2, 0.25) is 0 Å². The van der Waals surface area contributed by atoms with Gasteiger partial charge in [0, 0.05) is 46.0 Å². The number of hydrogen-bond acceptors (Lipinski definition) is 10. The summed E-state index contributed by atoms with van der Waals surface area (Å²) in [5, 5.41) is 10.5. The second-order valence-corrected chi connectivity index (χ2v) is 9.87. The maximum absolute atomic E-state index is 13.7. The quantitative estimate of drug-likeness (QED) is 0.539. The first-order valence-electron chi connectivity index (χ1n) is 12.0. The van der Waals surface area contributed by atoms with E-state index in [0.29, 0.717) is 23.1 Å². The first-order valence-corrected chi connectivity index (χ1v) is 12.0. The number of piperazine rings is 1. The number of likely N-dealkylation sites (N-methyl/N-ethyl adjacent to an activating group) is 1. The minimum absolute atomic E-state index is 0.00218. The van der Waals surface area contributed by atoms with E-state index >= 15 is 0 Å². The highest BCUT2D eigenvalue weighted by atomic mass is 16.5. The molecule has 0 saturated carbocycles. The van der Waals surface area contributed by atoms with Crippen molar-refractivity contribution in [1.82, 2.24) is 9.80 Å². The van der Waals surface area contributed by atoms with Gasteiger partial charge in [-0.05, 0) is 33.7 Å². The van der Waals surface area contributed by atoms with Crippen molar-refractivity contribution in [2.75, 3.05) is 35.0 Å². The van der Waals surface area contributed by atoms with Crippen molar-refractivity contribution in [1.29, 1.82) is 0 Å². The molecule has 10 nitrogen and oxygen atoms in total. The molecule has 5 aliphatic rings. The Balaban J connectivity index is 1.68. The summed E-state index contributed by atoms with van der Waals surface area (Å²) in [5.74, 6) is -1.72. The van der Waals surface area contributed by atoms with E-state index < -0.39 is 29.7 Å². The van der Waals surface area contributed by atoms with Crippen LogP contribution >= 0.6 is 0 Å². The number of aliphatic hydroxyl groups is 1. The molecule has 0 radical (unpaired) electrons. The topological polar surface area (TPSA) is 123 Å². The third-order valence-electron chi connectivity index (χ3n) is 8.53. The lowest BCUT2D eigenvalue weighted by molar-refractivity contribution is -0.128. The molecule has 0 aromatic heterocycles. The molecule has 2 aliphatic carbocycles. The summed E-state index contributed by atoms with van der Waals surface area (Å²) in [5.41, 5.74) is 1.55. The van der Waals surface area contributed by atoms with Crippen LogP contribution in [0.4, 0.5) is 0 Å². The Bertz CT molecular complexity index is 1240. The molecule has 0 aromatic rings. The number of aliphatic hydroxyl groups excluding tert-OH is 1. The average Bonchev–Trinajstić information content (AvgIpc) is 2.86. The van der Waals surface area contributed by atoms with Crippen molar-refractivity contribution in [3.8, 4) is 0 Å². The second-order valence-electron chi connectivity index (χ2n) is 9.87. The van der Waals surface area contributed by atoms with E-state index in [4.69, 9.17) is 14.2 Å². The Morgan fingerprint density at radius 2 is 1.33 bits per heavy atom. The predicted molar refractivity (Wildman–Crippen MR) is 125 cm³/mol. The van der Waals surface area contributed by atoms with Crippen LogP contribution in [0.3, 0.4) is 0 Å². The molecule has 3 aliphatic heterocycles. The van der Waals surface area contributed by atoms with Crippen LogP contribution in [-0.2, 0) is 33.4 Å². The molecule has 10 heteroatoms. The van der Waals surface area contributed by atoms with Crippen molar-refractivity contribution < 1.29 is 38.5 Å². The van der Waals surface area contributed by atoms with Crippen LogP contribution in [0, 0.1) is 0 Å².